The lowest BCUT2D eigenvalue weighted by atomic mass is 10.0. The summed E-state index contributed by atoms with van der Waals surface area (Å²) in [7, 11) is -1.02. The van der Waals surface area contributed by atoms with Crippen LogP contribution in [0.15, 0.2) is 0 Å². The lowest BCUT2D eigenvalue weighted by molar-refractivity contribution is -0.192. The van der Waals surface area contributed by atoms with Gasteiger partial charge in [0, 0.05) is 38.8 Å². The maximum Gasteiger partial charge on any atom is 0.394 e. The number of rotatable bonds is 68. The van der Waals surface area contributed by atoms with Gasteiger partial charge in [-0.2, -0.15) is 8.42 Å². The Hall–Kier alpha value is -2.41. The van der Waals surface area contributed by atoms with Gasteiger partial charge in [-0.1, -0.05) is 336 Å². The van der Waals surface area contributed by atoms with Crippen molar-refractivity contribution >= 4 is 34.3 Å². The van der Waals surface area contributed by atoms with Crippen LogP contribution in [0.5, 0.6) is 0 Å². The number of likely N-dealkylation sites (N-methyl/N-ethyl adjacent to an activating group) is 2. The van der Waals surface area contributed by atoms with E-state index in [2.05, 4.69) is 27.7 Å². The highest BCUT2D eigenvalue weighted by Gasteiger charge is 2.22. The second-order valence-corrected chi connectivity index (χ2v) is 27.1. The van der Waals surface area contributed by atoms with Gasteiger partial charge in [0.2, 0.25) is 0 Å². The van der Waals surface area contributed by atoms with Crippen LogP contribution in [0.1, 0.15) is 387 Å². The molecule has 0 saturated heterocycles. The van der Waals surface area contributed by atoms with Crippen LogP contribution in [0.3, 0.4) is 0 Å². The van der Waals surface area contributed by atoms with Gasteiger partial charge in [0.25, 0.3) is 12.6 Å². The van der Waals surface area contributed by atoms with Gasteiger partial charge in [-0.05, 0) is 39.8 Å². The highest BCUT2D eigenvalue weighted by Crippen LogP contribution is 2.19. The molecular formula is C74H148N2O14S. The third-order valence-corrected chi connectivity index (χ3v) is 16.9. The third-order valence-electron chi connectivity index (χ3n) is 16.9. The molecular weight excluding hydrogens is 1170 g/mol. The molecule has 0 spiro atoms. The van der Waals surface area contributed by atoms with Gasteiger partial charge in [-0.3, -0.25) is 38.1 Å². The first-order valence-corrected chi connectivity index (χ1v) is 39.5. The first-order valence-electron chi connectivity index (χ1n) is 38.1. The Morgan fingerprint density at radius 2 is 0.418 bits per heavy atom. The van der Waals surface area contributed by atoms with Crippen molar-refractivity contribution < 1.29 is 65.9 Å². The molecule has 0 unspecified atom stereocenters. The molecule has 4 N–H and O–H groups in total. The molecule has 0 radical (unpaired) electrons. The van der Waals surface area contributed by atoms with E-state index in [0.29, 0.717) is 38.8 Å². The SMILES string of the molecule is CCCCCCCCCCCCCCCC(=O)OC(CN(C)CCO)OC(=O)CCCCCCCCCCCCCCC.CCCCCCCCCCCCCCCC(=O)OC(CN(C)CCO)OC(=O)CCCCCCCCCCCCCCC.O=S(=O)(O)O. The van der Waals surface area contributed by atoms with Crippen molar-refractivity contribution in [2.24, 2.45) is 0 Å². The van der Waals surface area contributed by atoms with Crippen molar-refractivity contribution in [2.45, 2.75) is 400 Å². The molecule has 0 fully saturated rings. The molecule has 0 saturated carbocycles. The Labute approximate surface area is 560 Å². The first kappa shape index (κ1) is 92.8. The Morgan fingerprint density at radius 3 is 0.549 bits per heavy atom. The maximum atomic E-state index is 12.5. The quantitative estimate of drug-likeness (QED) is 0.0192. The monoisotopic (exact) mass is 1320 g/mol. The number of hydrogen-bond donors (Lipinski definition) is 4. The van der Waals surface area contributed by atoms with Crippen LogP contribution in [0.4, 0.5) is 0 Å². The van der Waals surface area contributed by atoms with Crippen molar-refractivity contribution in [3.05, 3.63) is 0 Å². The molecule has 0 heterocycles. The zero-order chi connectivity index (χ0) is 67.8. The lowest BCUT2D eigenvalue weighted by Gasteiger charge is -2.23. The van der Waals surface area contributed by atoms with Gasteiger partial charge >= 0.3 is 34.3 Å². The number of ether oxygens (including phenoxy) is 4. The molecule has 91 heavy (non-hydrogen) atoms. The van der Waals surface area contributed by atoms with Crippen molar-refractivity contribution in [2.75, 3.05) is 53.5 Å². The Balaban J connectivity index is -0.00000158. The van der Waals surface area contributed by atoms with E-state index in [0.717, 1.165) is 77.0 Å². The molecule has 544 valence electrons. The van der Waals surface area contributed by atoms with Crippen molar-refractivity contribution in [3.8, 4) is 0 Å². The zero-order valence-electron chi connectivity index (χ0n) is 60.2. The average molecular weight is 1320 g/mol. The number of aliphatic hydroxyl groups is 2. The second kappa shape index (κ2) is 75.0. The van der Waals surface area contributed by atoms with Crippen LogP contribution in [-0.2, 0) is 48.5 Å². The van der Waals surface area contributed by atoms with E-state index in [1.807, 2.05) is 23.9 Å². The largest absolute Gasteiger partial charge is 0.424 e. The molecule has 0 aliphatic heterocycles. The minimum Gasteiger partial charge on any atom is -0.424 e. The highest BCUT2D eigenvalue weighted by atomic mass is 32.3. The summed E-state index contributed by atoms with van der Waals surface area (Å²) in [5.74, 6) is -1.23. The summed E-state index contributed by atoms with van der Waals surface area (Å²) in [5, 5.41) is 18.5. The summed E-state index contributed by atoms with van der Waals surface area (Å²) in [6, 6.07) is 0. The van der Waals surface area contributed by atoms with Crippen LogP contribution in [0.25, 0.3) is 0 Å². The summed E-state index contributed by atoms with van der Waals surface area (Å²) < 4.78 is 53.8. The molecule has 0 amide bonds. The van der Waals surface area contributed by atoms with E-state index < -0.39 is 23.0 Å². The molecule has 0 aromatic rings. The fourth-order valence-corrected chi connectivity index (χ4v) is 11.2. The van der Waals surface area contributed by atoms with Gasteiger partial charge in [0.1, 0.15) is 0 Å². The van der Waals surface area contributed by atoms with E-state index in [-0.39, 0.29) is 50.2 Å². The topological polar surface area (TPSA) is 227 Å². The number of esters is 4. The van der Waals surface area contributed by atoms with Crippen molar-refractivity contribution in [1.82, 2.24) is 9.80 Å². The van der Waals surface area contributed by atoms with Crippen LogP contribution >= 0.6 is 0 Å². The normalized spacial score (nSPS) is 11.5. The second-order valence-electron chi connectivity index (χ2n) is 26.2. The van der Waals surface area contributed by atoms with E-state index in [1.54, 1.807) is 0 Å². The highest BCUT2D eigenvalue weighted by molar-refractivity contribution is 7.79. The zero-order valence-corrected chi connectivity index (χ0v) is 61.0. The summed E-state index contributed by atoms with van der Waals surface area (Å²) >= 11 is 0. The molecule has 16 nitrogen and oxygen atoms in total. The van der Waals surface area contributed by atoms with E-state index in [9.17, 15) is 29.4 Å². The molecule has 0 bridgehead atoms. The molecule has 17 heteroatoms. The molecule has 0 rings (SSSR count). The van der Waals surface area contributed by atoms with Crippen LogP contribution in [0.2, 0.25) is 0 Å². The molecule has 0 aromatic heterocycles. The van der Waals surface area contributed by atoms with Gasteiger partial charge in [0.15, 0.2) is 0 Å². The minimum absolute atomic E-state index is 0.00301. The van der Waals surface area contributed by atoms with Crippen LogP contribution < -0.4 is 0 Å². The minimum atomic E-state index is -4.67. The summed E-state index contributed by atoms with van der Waals surface area (Å²) in [6.45, 7) is 10.5. The molecule has 0 aliphatic rings. The molecule has 0 aromatic carbocycles. The predicted molar refractivity (Wildman–Crippen MR) is 377 cm³/mol. The summed E-state index contributed by atoms with van der Waals surface area (Å²) in [4.78, 5) is 53.6. The number of aliphatic hydroxyl groups excluding tert-OH is 2. The van der Waals surface area contributed by atoms with E-state index in [1.165, 1.54) is 257 Å². The number of carbonyl (C=O) groups is 4. The summed E-state index contributed by atoms with van der Waals surface area (Å²) in [6.07, 6.45) is 65.2. The Bertz CT molecular complexity index is 1450. The number of unbranched alkanes of at least 4 members (excludes halogenated alkanes) is 48. The lowest BCUT2D eigenvalue weighted by Crippen LogP contribution is -2.37. The van der Waals surface area contributed by atoms with Gasteiger partial charge in [-0.15, -0.1) is 0 Å². The van der Waals surface area contributed by atoms with Crippen molar-refractivity contribution in [3.63, 3.8) is 0 Å². The Morgan fingerprint density at radius 1 is 0.286 bits per heavy atom. The smallest absolute Gasteiger partial charge is 0.394 e. The van der Waals surface area contributed by atoms with Crippen LogP contribution in [-0.4, -0.2) is 127 Å². The molecule has 0 atom stereocenters. The number of hydrogen-bond acceptors (Lipinski definition) is 14. The van der Waals surface area contributed by atoms with Gasteiger partial charge in [0.05, 0.1) is 26.3 Å². The summed E-state index contributed by atoms with van der Waals surface area (Å²) in [5.41, 5.74) is 0. The fraction of sp³-hybridized carbons (Fsp3) is 0.946. The van der Waals surface area contributed by atoms with Crippen LogP contribution in [0, 0.1) is 0 Å². The van der Waals surface area contributed by atoms with E-state index in [4.69, 9.17) is 36.5 Å². The van der Waals surface area contributed by atoms with E-state index >= 15 is 0 Å². The molecule has 0 aliphatic carbocycles. The van der Waals surface area contributed by atoms with Gasteiger partial charge < -0.3 is 29.2 Å². The predicted octanol–water partition coefficient (Wildman–Crippen LogP) is 19.9. The van der Waals surface area contributed by atoms with Crippen molar-refractivity contribution in [1.29, 1.82) is 0 Å². The number of carbonyl (C=O) groups excluding carboxylic acids is 4. The number of nitrogens with zero attached hydrogens (tertiary/aromatic N) is 2. The van der Waals surface area contributed by atoms with Gasteiger partial charge in [-0.25, -0.2) is 0 Å². The third kappa shape index (κ3) is 83.6. The maximum absolute atomic E-state index is 12.5. The Kier molecular flexibility index (Phi) is 76.4. The average Bonchev–Trinajstić information content (AvgIpc) is 3.50. The standard InChI is InChI=1S/2C37H73NO5.H2O4S/c2*1-4-6-8-10-12-14-16-18-20-22-24-26-28-30-35(40)42-37(34-38(3)32-33-39)43-36(41)31-29-27-25-23-21-19-17-15-13-11-9-7-5-2;1-5(2,3)4/h2*37,39H,4-34H2,1-3H3;(H2,1,2,3,4). The first-order chi connectivity index (χ1) is 44.1. The fourth-order valence-electron chi connectivity index (χ4n) is 11.2.